The number of nitrogens with zero attached hydrogens (tertiary/aromatic N) is 3. The Bertz CT molecular complexity index is 1120. The molecule has 1 aromatic heterocycles. The van der Waals surface area contributed by atoms with Crippen LogP contribution < -0.4 is 11.0 Å². The van der Waals surface area contributed by atoms with Gasteiger partial charge in [0.05, 0.1) is 10.4 Å². The van der Waals surface area contributed by atoms with Gasteiger partial charge in [-0.25, -0.2) is 18.2 Å². The van der Waals surface area contributed by atoms with Crippen LogP contribution in [0.1, 0.15) is 58.3 Å². The maximum absolute atomic E-state index is 13.2. The Balaban J connectivity index is 1.60. The summed E-state index contributed by atoms with van der Waals surface area (Å²) in [7, 11) is -3.63. The number of carbonyl (C=O) groups excluding carboxylic acids is 1. The molecule has 0 unspecified atom stereocenters. The van der Waals surface area contributed by atoms with Gasteiger partial charge in [0.1, 0.15) is 6.54 Å². The topological polar surface area (TPSA) is 101 Å². The number of piperidine rings is 1. The zero-order valence-corrected chi connectivity index (χ0v) is 18.7. The van der Waals surface area contributed by atoms with Crippen molar-refractivity contribution in [3.05, 3.63) is 34.9 Å². The Morgan fingerprint density at radius 3 is 2.61 bits per heavy atom. The molecule has 1 N–H and O–H groups in total. The van der Waals surface area contributed by atoms with Gasteiger partial charge in [-0.15, -0.1) is 0 Å². The van der Waals surface area contributed by atoms with E-state index >= 15 is 0 Å². The molecular formula is C22H30N4O4S. The molecule has 0 spiro atoms. The Morgan fingerprint density at radius 2 is 1.87 bits per heavy atom. The van der Waals surface area contributed by atoms with Crippen molar-refractivity contribution >= 4 is 26.8 Å². The molecule has 2 aliphatic rings. The molecule has 4 rings (SSSR count). The van der Waals surface area contributed by atoms with E-state index in [0.717, 1.165) is 44.9 Å². The van der Waals surface area contributed by atoms with Gasteiger partial charge in [-0.1, -0.05) is 25.7 Å². The van der Waals surface area contributed by atoms with Crippen molar-refractivity contribution in [1.29, 1.82) is 0 Å². The average Bonchev–Trinajstić information content (AvgIpc) is 2.76. The number of hydrogen-bond acceptors (Lipinski definition) is 5. The Morgan fingerprint density at radius 1 is 1.13 bits per heavy atom. The Labute approximate surface area is 182 Å². The highest BCUT2D eigenvalue weighted by molar-refractivity contribution is 7.89. The van der Waals surface area contributed by atoms with Gasteiger partial charge in [-0.3, -0.25) is 9.36 Å². The third kappa shape index (κ3) is 4.67. The number of amides is 1. The average molecular weight is 447 g/mol. The molecule has 2 fully saturated rings. The predicted molar refractivity (Wildman–Crippen MR) is 118 cm³/mol. The summed E-state index contributed by atoms with van der Waals surface area (Å²) in [6, 6.07) is 4.80. The monoisotopic (exact) mass is 446 g/mol. The first-order chi connectivity index (χ1) is 14.9. The molecule has 0 bridgehead atoms. The summed E-state index contributed by atoms with van der Waals surface area (Å²) in [6.45, 7) is 2.32. The maximum Gasteiger partial charge on any atom is 0.348 e. The highest BCUT2D eigenvalue weighted by Gasteiger charge is 2.31. The van der Waals surface area contributed by atoms with E-state index in [0.29, 0.717) is 17.4 Å². The van der Waals surface area contributed by atoms with E-state index in [9.17, 15) is 18.0 Å². The number of sulfonamides is 1. The van der Waals surface area contributed by atoms with Gasteiger partial charge in [0.2, 0.25) is 15.9 Å². The molecule has 1 aromatic carbocycles. The first-order valence-corrected chi connectivity index (χ1v) is 12.6. The SMILES string of the molecule is C[C@@H]1CCCCN1S(=O)(=O)c1ccc2c(cnc(=O)n2CC(=O)NC2CCCCC2)c1. The van der Waals surface area contributed by atoms with Crippen molar-refractivity contribution in [3.8, 4) is 0 Å². The van der Waals surface area contributed by atoms with Crippen molar-refractivity contribution in [3.63, 3.8) is 0 Å². The molecule has 1 amide bonds. The molecular weight excluding hydrogens is 416 g/mol. The summed E-state index contributed by atoms with van der Waals surface area (Å²) in [5.41, 5.74) is -0.0176. The smallest absolute Gasteiger partial charge is 0.348 e. The highest BCUT2D eigenvalue weighted by Crippen LogP contribution is 2.27. The lowest BCUT2D eigenvalue weighted by atomic mass is 9.95. The number of hydrogen-bond donors (Lipinski definition) is 1. The molecule has 31 heavy (non-hydrogen) atoms. The Kier molecular flexibility index (Phi) is 6.43. The third-order valence-electron chi connectivity index (χ3n) is 6.46. The lowest BCUT2D eigenvalue weighted by Crippen LogP contribution is -2.42. The van der Waals surface area contributed by atoms with Gasteiger partial charge < -0.3 is 5.32 Å². The Hall–Kier alpha value is -2.26. The van der Waals surface area contributed by atoms with Crippen LogP contribution in [0.25, 0.3) is 10.9 Å². The largest absolute Gasteiger partial charge is 0.352 e. The number of nitrogens with one attached hydrogen (secondary N) is 1. The molecule has 1 aliphatic heterocycles. The lowest BCUT2D eigenvalue weighted by Gasteiger charge is -2.32. The van der Waals surface area contributed by atoms with E-state index in [-0.39, 0.29) is 29.4 Å². The van der Waals surface area contributed by atoms with Crippen LogP contribution in [0.4, 0.5) is 0 Å². The fourth-order valence-electron chi connectivity index (χ4n) is 4.72. The van der Waals surface area contributed by atoms with Crippen LogP contribution in [0.2, 0.25) is 0 Å². The zero-order chi connectivity index (χ0) is 22.0. The second-order valence-electron chi connectivity index (χ2n) is 8.71. The molecule has 1 saturated carbocycles. The van der Waals surface area contributed by atoms with Crippen LogP contribution in [0.3, 0.4) is 0 Å². The molecule has 8 nitrogen and oxygen atoms in total. The quantitative estimate of drug-likeness (QED) is 0.760. The molecule has 2 aromatic rings. The minimum Gasteiger partial charge on any atom is -0.352 e. The predicted octanol–water partition coefficient (Wildman–Crippen LogP) is 2.41. The van der Waals surface area contributed by atoms with Gasteiger partial charge in [0, 0.05) is 30.2 Å². The minimum absolute atomic E-state index is 0.0370. The summed E-state index contributed by atoms with van der Waals surface area (Å²) >= 11 is 0. The molecule has 9 heteroatoms. The van der Waals surface area contributed by atoms with E-state index in [4.69, 9.17) is 0 Å². The number of fused-ring (bicyclic) bond motifs is 1. The van der Waals surface area contributed by atoms with Crippen LogP contribution in [-0.2, 0) is 21.4 Å². The molecule has 1 aliphatic carbocycles. The van der Waals surface area contributed by atoms with E-state index < -0.39 is 15.7 Å². The normalized spacial score (nSPS) is 21.3. The van der Waals surface area contributed by atoms with Crippen molar-refractivity contribution in [2.45, 2.75) is 81.8 Å². The van der Waals surface area contributed by atoms with Crippen LogP contribution in [0.15, 0.2) is 34.1 Å². The number of aromatic nitrogens is 2. The van der Waals surface area contributed by atoms with E-state index in [1.54, 1.807) is 16.4 Å². The molecule has 1 atom stereocenters. The number of rotatable bonds is 5. The summed E-state index contributed by atoms with van der Waals surface area (Å²) in [6.07, 6.45) is 9.45. The molecule has 168 valence electrons. The van der Waals surface area contributed by atoms with Crippen LogP contribution in [-0.4, -0.2) is 46.8 Å². The lowest BCUT2D eigenvalue weighted by molar-refractivity contribution is -0.122. The number of benzene rings is 1. The van der Waals surface area contributed by atoms with Crippen molar-refractivity contribution < 1.29 is 13.2 Å². The van der Waals surface area contributed by atoms with Gasteiger partial charge in [0.15, 0.2) is 0 Å². The summed E-state index contributed by atoms with van der Waals surface area (Å²) in [5, 5.41) is 3.54. The van der Waals surface area contributed by atoms with Crippen molar-refractivity contribution in [2.24, 2.45) is 0 Å². The van der Waals surface area contributed by atoms with Gasteiger partial charge in [-0.05, 0) is 50.8 Å². The summed E-state index contributed by atoms with van der Waals surface area (Å²) in [4.78, 5) is 29.0. The molecule has 0 radical (unpaired) electrons. The van der Waals surface area contributed by atoms with Crippen molar-refractivity contribution in [1.82, 2.24) is 19.2 Å². The standard InChI is InChI=1S/C22H30N4O4S/c1-16-7-5-6-12-26(16)31(29,30)19-10-11-20-17(13-19)14-23-22(28)25(20)15-21(27)24-18-8-3-2-4-9-18/h10-11,13-14,16,18H,2-9,12,15H2,1H3,(H,24,27)/t16-/m1/s1. The van der Waals surface area contributed by atoms with Gasteiger partial charge in [-0.2, -0.15) is 4.31 Å². The third-order valence-corrected chi connectivity index (χ3v) is 8.46. The fraction of sp³-hybridized carbons (Fsp3) is 0.591. The van der Waals surface area contributed by atoms with Crippen molar-refractivity contribution in [2.75, 3.05) is 6.54 Å². The van der Waals surface area contributed by atoms with Gasteiger partial charge in [0.25, 0.3) is 0 Å². The first kappa shape index (κ1) is 22.0. The van der Waals surface area contributed by atoms with Crippen LogP contribution in [0, 0.1) is 0 Å². The minimum atomic E-state index is -3.63. The van der Waals surface area contributed by atoms with E-state index in [2.05, 4.69) is 10.3 Å². The highest BCUT2D eigenvalue weighted by atomic mass is 32.2. The summed E-state index contributed by atoms with van der Waals surface area (Å²) in [5.74, 6) is -0.220. The van der Waals surface area contributed by atoms with E-state index in [1.165, 1.54) is 23.3 Å². The van der Waals surface area contributed by atoms with Gasteiger partial charge >= 0.3 is 5.69 Å². The van der Waals surface area contributed by atoms with E-state index in [1.807, 2.05) is 6.92 Å². The fourth-order valence-corrected chi connectivity index (χ4v) is 6.46. The molecule has 1 saturated heterocycles. The van der Waals surface area contributed by atoms with Crippen LogP contribution >= 0.6 is 0 Å². The zero-order valence-electron chi connectivity index (χ0n) is 17.9. The second kappa shape index (κ2) is 9.08. The molecule has 2 heterocycles. The van der Waals surface area contributed by atoms with Crippen LogP contribution in [0.5, 0.6) is 0 Å². The maximum atomic E-state index is 13.2. The summed E-state index contributed by atoms with van der Waals surface area (Å²) < 4.78 is 29.2. The first-order valence-electron chi connectivity index (χ1n) is 11.2. The second-order valence-corrected chi connectivity index (χ2v) is 10.6. The number of carbonyl (C=O) groups is 1.